The molecule has 0 bridgehead atoms. The van der Waals surface area contributed by atoms with Crippen LogP contribution in [0.15, 0.2) is 0 Å². The van der Waals surface area contributed by atoms with Gasteiger partial charge in [0.1, 0.15) is 0 Å². The van der Waals surface area contributed by atoms with Crippen LogP contribution in [0.2, 0.25) is 0 Å². The number of nitrogens with two attached hydrogens (primary N) is 1. The van der Waals surface area contributed by atoms with Gasteiger partial charge in [-0.1, -0.05) is 0 Å². The van der Waals surface area contributed by atoms with E-state index in [1.165, 1.54) is 0 Å². The number of carboxylic acids is 1. The van der Waals surface area contributed by atoms with Crippen LogP contribution in [0.3, 0.4) is 0 Å². The number of nitrogens with zero attached hydrogens (tertiary/aromatic N) is 1. The second kappa shape index (κ2) is 6.89. The molecule has 0 aromatic carbocycles. The van der Waals surface area contributed by atoms with Crippen LogP contribution in [0.5, 0.6) is 0 Å². The third-order valence-electron chi connectivity index (χ3n) is 3.72. The predicted octanol–water partition coefficient (Wildman–Crippen LogP) is 1.61. The third-order valence-corrected chi connectivity index (χ3v) is 3.72. The molecule has 1 fully saturated rings. The summed E-state index contributed by atoms with van der Waals surface area (Å²) in [6, 6.07) is 0. The molecule has 0 unspecified atom stereocenters. The molecule has 19 heavy (non-hydrogen) atoms. The number of amides is 1. The quantitative estimate of drug-likeness (QED) is 0.768. The maximum absolute atomic E-state index is 12.0. The van der Waals surface area contributed by atoms with Crippen molar-refractivity contribution in [1.82, 2.24) is 4.90 Å². The molecular weight excluding hydrogens is 244 g/mol. The van der Waals surface area contributed by atoms with Crippen LogP contribution in [0.1, 0.15) is 52.4 Å². The molecule has 0 aromatic rings. The van der Waals surface area contributed by atoms with Crippen molar-refractivity contribution in [3.63, 3.8) is 0 Å². The summed E-state index contributed by atoms with van der Waals surface area (Å²) < 4.78 is 0. The van der Waals surface area contributed by atoms with Gasteiger partial charge in [-0.25, -0.2) is 0 Å². The molecule has 0 aromatic heterocycles. The number of hydrogen-bond donors (Lipinski definition) is 2. The van der Waals surface area contributed by atoms with Gasteiger partial charge in [0.05, 0.1) is 0 Å². The molecule has 110 valence electrons. The zero-order valence-electron chi connectivity index (χ0n) is 12.0. The first-order chi connectivity index (χ1) is 8.78. The van der Waals surface area contributed by atoms with Crippen molar-refractivity contribution in [3.05, 3.63) is 0 Å². The lowest BCUT2D eigenvalue weighted by Crippen LogP contribution is -2.40. The number of carbonyl (C=O) groups is 2. The van der Waals surface area contributed by atoms with Gasteiger partial charge in [-0.2, -0.15) is 0 Å². The fraction of sp³-hybridized carbons (Fsp3) is 0.857. The van der Waals surface area contributed by atoms with E-state index in [0.717, 1.165) is 32.4 Å². The average Bonchev–Trinajstić information content (AvgIpc) is 2.33. The zero-order chi connectivity index (χ0) is 14.5. The van der Waals surface area contributed by atoms with Crippen LogP contribution in [0, 0.1) is 5.92 Å². The Balaban J connectivity index is 2.25. The van der Waals surface area contributed by atoms with E-state index in [0.29, 0.717) is 18.8 Å². The molecular formula is C14H26N2O3. The van der Waals surface area contributed by atoms with E-state index in [-0.39, 0.29) is 17.9 Å². The highest BCUT2D eigenvalue weighted by Gasteiger charge is 2.24. The van der Waals surface area contributed by atoms with Gasteiger partial charge in [0.15, 0.2) is 0 Å². The Morgan fingerprint density at radius 3 is 2.32 bits per heavy atom. The molecule has 0 radical (unpaired) electrons. The molecule has 1 aliphatic heterocycles. The zero-order valence-corrected chi connectivity index (χ0v) is 12.0. The van der Waals surface area contributed by atoms with Gasteiger partial charge in [0.2, 0.25) is 5.91 Å². The number of likely N-dealkylation sites (tertiary alicyclic amines) is 1. The number of carboxylic acid groups (broad SMARTS) is 1. The normalized spacial score (nSPS) is 17.5. The minimum atomic E-state index is -0.733. The van der Waals surface area contributed by atoms with Crippen molar-refractivity contribution in [3.8, 4) is 0 Å². The first-order valence-corrected chi connectivity index (χ1v) is 7.06. The SMILES string of the molecule is CC(C)(N)CCC(=O)N1CCC(CCC(=O)O)CC1. The van der Waals surface area contributed by atoms with Crippen molar-refractivity contribution in [2.24, 2.45) is 11.7 Å². The molecule has 0 spiro atoms. The van der Waals surface area contributed by atoms with E-state index in [4.69, 9.17) is 10.8 Å². The molecule has 5 nitrogen and oxygen atoms in total. The summed E-state index contributed by atoms with van der Waals surface area (Å²) in [7, 11) is 0. The summed E-state index contributed by atoms with van der Waals surface area (Å²) in [5.41, 5.74) is 5.58. The minimum Gasteiger partial charge on any atom is -0.481 e. The van der Waals surface area contributed by atoms with E-state index in [2.05, 4.69) is 0 Å². The molecule has 1 saturated heterocycles. The fourth-order valence-corrected chi connectivity index (χ4v) is 2.39. The van der Waals surface area contributed by atoms with Gasteiger partial charge < -0.3 is 15.7 Å². The third kappa shape index (κ3) is 6.57. The Bertz CT molecular complexity index is 315. The first-order valence-electron chi connectivity index (χ1n) is 7.06. The van der Waals surface area contributed by atoms with Gasteiger partial charge in [-0.3, -0.25) is 9.59 Å². The van der Waals surface area contributed by atoms with Crippen LogP contribution in [-0.4, -0.2) is 40.5 Å². The lowest BCUT2D eigenvalue weighted by molar-refractivity contribution is -0.138. The van der Waals surface area contributed by atoms with Gasteiger partial charge in [0.25, 0.3) is 0 Å². The Labute approximate surface area is 115 Å². The summed E-state index contributed by atoms with van der Waals surface area (Å²) in [6.45, 7) is 5.37. The van der Waals surface area contributed by atoms with Gasteiger partial charge in [-0.15, -0.1) is 0 Å². The van der Waals surface area contributed by atoms with Gasteiger partial charge >= 0.3 is 5.97 Å². The Kier molecular flexibility index (Phi) is 5.79. The Hall–Kier alpha value is -1.10. The first kappa shape index (κ1) is 16.0. The maximum atomic E-state index is 12.0. The van der Waals surface area contributed by atoms with Gasteiger partial charge in [0, 0.05) is 31.5 Å². The van der Waals surface area contributed by atoms with Crippen molar-refractivity contribution in [2.45, 2.75) is 57.9 Å². The highest BCUT2D eigenvalue weighted by Crippen LogP contribution is 2.22. The fourth-order valence-electron chi connectivity index (χ4n) is 2.39. The lowest BCUT2D eigenvalue weighted by Gasteiger charge is -2.32. The second-order valence-corrected chi connectivity index (χ2v) is 6.25. The van der Waals surface area contributed by atoms with Crippen LogP contribution in [-0.2, 0) is 9.59 Å². The minimum absolute atomic E-state index is 0.176. The van der Waals surface area contributed by atoms with E-state index in [1.807, 2.05) is 18.7 Å². The lowest BCUT2D eigenvalue weighted by atomic mass is 9.91. The van der Waals surface area contributed by atoms with Crippen LogP contribution in [0.25, 0.3) is 0 Å². The van der Waals surface area contributed by atoms with Crippen LogP contribution < -0.4 is 5.73 Å². The van der Waals surface area contributed by atoms with E-state index in [9.17, 15) is 9.59 Å². The molecule has 1 amide bonds. The molecule has 0 atom stereocenters. The number of aliphatic carboxylic acids is 1. The highest BCUT2D eigenvalue weighted by molar-refractivity contribution is 5.76. The summed E-state index contributed by atoms with van der Waals surface area (Å²) in [6.07, 6.45) is 4.01. The van der Waals surface area contributed by atoms with Crippen LogP contribution in [0.4, 0.5) is 0 Å². The van der Waals surface area contributed by atoms with Crippen molar-refractivity contribution in [2.75, 3.05) is 13.1 Å². The highest BCUT2D eigenvalue weighted by atomic mass is 16.4. The molecule has 3 N–H and O–H groups in total. The molecule has 1 rings (SSSR count). The number of piperidine rings is 1. The van der Waals surface area contributed by atoms with E-state index < -0.39 is 5.97 Å². The summed E-state index contributed by atoms with van der Waals surface area (Å²) in [5, 5.41) is 8.65. The Morgan fingerprint density at radius 1 is 1.26 bits per heavy atom. The molecule has 1 heterocycles. The van der Waals surface area contributed by atoms with Crippen molar-refractivity contribution >= 4 is 11.9 Å². The van der Waals surface area contributed by atoms with Crippen LogP contribution >= 0.6 is 0 Å². The maximum Gasteiger partial charge on any atom is 0.303 e. The number of hydrogen-bond acceptors (Lipinski definition) is 3. The topological polar surface area (TPSA) is 83.6 Å². The number of rotatable bonds is 6. The molecule has 0 aliphatic carbocycles. The van der Waals surface area contributed by atoms with E-state index >= 15 is 0 Å². The molecule has 0 saturated carbocycles. The molecule has 5 heteroatoms. The van der Waals surface area contributed by atoms with Gasteiger partial charge in [-0.05, 0) is 45.4 Å². The summed E-state index contributed by atoms with van der Waals surface area (Å²) >= 11 is 0. The number of carbonyl (C=O) groups excluding carboxylic acids is 1. The van der Waals surface area contributed by atoms with E-state index in [1.54, 1.807) is 0 Å². The molecule has 1 aliphatic rings. The standard InChI is InChI=1S/C14H26N2O3/c1-14(2,15)8-5-12(17)16-9-6-11(7-10-16)3-4-13(18)19/h11H,3-10,15H2,1-2H3,(H,18,19). The monoisotopic (exact) mass is 270 g/mol. The summed E-state index contributed by atoms with van der Waals surface area (Å²) in [4.78, 5) is 24.4. The average molecular weight is 270 g/mol. The second-order valence-electron chi connectivity index (χ2n) is 6.25. The smallest absolute Gasteiger partial charge is 0.303 e. The largest absolute Gasteiger partial charge is 0.481 e. The Morgan fingerprint density at radius 2 is 1.84 bits per heavy atom. The van der Waals surface area contributed by atoms with Crippen molar-refractivity contribution in [1.29, 1.82) is 0 Å². The predicted molar refractivity (Wildman–Crippen MR) is 73.7 cm³/mol. The van der Waals surface area contributed by atoms with Crippen molar-refractivity contribution < 1.29 is 14.7 Å². The summed E-state index contributed by atoms with van der Waals surface area (Å²) in [5.74, 6) is -0.106.